The molecule has 0 spiro atoms. The second kappa shape index (κ2) is 7.79. The lowest BCUT2D eigenvalue weighted by atomic mass is 10.1. The molecule has 0 aliphatic rings. The third-order valence-corrected chi connectivity index (χ3v) is 3.43. The first-order valence-corrected chi connectivity index (χ1v) is 7.62. The summed E-state index contributed by atoms with van der Waals surface area (Å²) in [5.74, 6) is 0.369. The molecule has 120 valence electrons. The average molecular weight is 331 g/mol. The summed E-state index contributed by atoms with van der Waals surface area (Å²) in [7, 11) is 0. The number of hydrogen-bond donors (Lipinski definition) is 1. The monoisotopic (exact) mass is 330 g/mol. The quantitative estimate of drug-likeness (QED) is 0.668. The maximum absolute atomic E-state index is 11.8. The number of amides is 1. The fourth-order valence-electron chi connectivity index (χ4n) is 2.10. The molecule has 4 nitrogen and oxygen atoms in total. The Labute approximate surface area is 141 Å². The van der Waals surface area contributed by atoms with Gasteiger partial charge in [-0.25, -0.2) is 5.43 Å². The van der Waals surface area contributed by atoms with Crippen molar-refractivity contribution in [2.45, 2.75) is 20.8 Å². The number of carbonyl (C=O) groups is 1. The van der Waals surface area contributed by atoms with Gasteiger partial charge in [0, 0.05) is 5.02 Å². The molecule has 23 heavy (non-hydrogen) atoms. The minimum atomic E-state index is -0.308. The Morgan fingerprint density at radius 3 is 2.35 bits per heavy atom. The second-order valence-electron chi connectivity index (χ2n) is 5.35. The van der Waals surface area contributed by atoms with E-state index in [0.717, 1.165) is 16.7 Å². The highest BCUT2D eigenvalue weighted by atomic mass is 35.5. The average Bonchev–Trinajstić information content (AvgIpc) is 2.50. The fraction of sp³-hybridized carbons (Fsp3) is 0.222. The highest BCUT2D eigenvalue weighted by Gasteiger charge is 2.04. The lowest BCUT2D eigenvalue weighted by Crippen LogP contribution is -2.25. The van der Waals surface area contributed by atoms with Gasteiger partial charge in [-0.05, 0) is 61.7 Å². The molecule has 0 saturated heterocycles. The third kappa shape index (κ3) is 5.42. The fourth-order valence-corrected chi connectivity index (χ4v) is 2.23. The molecule has 0 heterocycles. The molecule has 0 aromatic heterocycles. The molecule has 2 aromatic rings. The molecule has 0 radical (unpaired) electrons. The predicted molar refractivity (Wildman–Crippen MR) is 93.2 cm³/mol. The van der Waals surface area contributed by atoms with E-state index in [1.165, 1.54) is 0 Å². The molecule has 0 fully saturated rings. The Morgan fingerprint density at radius 1 is 1.13 bits per heavy atom. The molecule has 1 amide bonds. The Kier molecular flexibility index (Phi) is 5.77. The van der Waals surface area contributed by atoms with E-state index in [1.807, 2.05) is 51.1 Å². The van der Waals surface area contributed by atoms with Crippen molar-refractivity contribution in [2.75, 3.05) is 6.61 Å². The summed E-state index contributed by atoms with van der Waals surface area (Å²) in [4.78, 5) is 11.8. The molecular formula is C18H19ClN2O2. The summed E-state index contributed by atoms with van der Waals surface area (Å²) in [6.07, 6.45) is 0. The van der Waals surface area contributed by atoms with Crippen molar-refractivity contribution >= 4 is 23.2 Å². The first-order valence-electron chi connectivity index (χ1n) is 7.24. The van der Waals surface area contributed by atoms with Gasteiger partial charge in [0.05, 0.1) is 5.71 Å². The number of halogens is 1. The summed E-state index contributed by atoms with van der Waals surface area (Å²) in [5, 5.41) is 4.73. The number of hydrogen-bond acceptors (Lipinski definition) is 3. The number of benzene rings is 2. The van der Waals surface area contributed by atoms with Crippen molar-refractivity contribution in [1.29, 1.82) is 0 Å². The molecule has 0 atom stereocenters. The topological polar surface area (TPSA) is 50.7 Å². The van der Waals surface area contributed by atoms with Gasteiger partial charge in [0.2, 0.25) is 0 Å². The van der Waals surface area contributed by atoms with Crippen LogP contribution in [-0.4, -0.2) is 18.2 Å². The van der Waals surface area contributed by atoms with E-state index < -0.39 is 0 Å². The van der Waals surface area contributed by atoms with E-state index in [-0.39, 0.29) is 12.5 Å². The Hall–Kier alpha value is -2.33. The molecular weight excluding hydrogens is 312 g/mol. The molecule has 0 aliphatic heterocycles. The number of rotatable bonds is 5. The summed E-state index contributed by atoms with van der Waals surface area (Å²) < 4.78 is 5.48. The van der Waals surface area contributed by atoms with Crippen molar-refractivity contribution in [1.82, 2.24) is 5.43 Å². The minimum Gasteiger partial charge on any atom is -0.484 e. The van der Waals surface area contributed by atoms with Gasteiger partial charge in [0.15, 0.2) is 6.61 Å². The Morgan fingerprint density at radius 2 is 1.74 bits per heavy atom. The zero-order valence-corrected chi connectivity index (χ0v) is 14.1. The normalized spacial score (nSPS) is 11.2. The van der Waals surface area contributed by atoms with Crippen LogP contribution in [0.4, 0.5) is 0 Å². The Balaban J connectivity index is 1.89. The van der Waals surface area contributed by atoms with E-state index in [9.17, 15) is 4.79 Å². The maximum atomic E-state index is 11.8. The summed E-state index contributed by atoms with van der Waals surface area (Å²) in [6.45, 7) is 5.70. The van der Waals surface area contributed by atoms with Crippen LogP contribution in [0.2, 0.25) is 5.02 Å². The van der Waals surface area contributed by atoms with Crippen LogP contribution < -0.4 is 10.2 Å². The zero-order chi connectivity index (χ0) is 16.8. The standard InChI is InChI=1S/C18H19ClN2O2/c1-12-8-13(2)10-17(9-12)23-11-18(22)21-20-14(3)15-4-6-16(19)7-5-15/h4-10H,11H2,1-3H3,(H,21,22). The number of nitrogens with one attached hydrogen (secondary N) is 1. The summed E-state index contributed by atoms with van der Waals surface area (Å²) in [5.41, 5.74) is 6.26. The van der Waals surface area contributed by atoms with Gasteiger partial charge in [-0.15, -0.1) is 0 Å². The van der Waals surface area contributed by atoms with Gasteiger partial charge >= 0.3 is 0 Å². The van der Waals surface area contributed by atoms with Gasteiger partial charge in [-0.2, -0.15) is 5.10 Å². The zero-order valence-electron chi connectivity index (χ0n) is 13.4. The lowest BCUT2D eigenvalue weighted by molar-refractivity contribution is -0.123. The van der Waals surface area contributed by atoms with E-state index >= 15 is 0 Å². The number of carbonyl (C=O) groups excluding carboxylic acids is 1. The van der Waals surface area contributed by atoms with Crippen molar-refractivity contribution in [3.05, 3.63) is 64.2 Å². The van der Waals surface area contributed by atoms with Gasteiger partial charge < -0.3 is 4.74 Å². The number of hydrazone groups is 1. The van der Waals surface area contributed by atoms with Crippen LogP contribution in [0.25, 0.3) is 0 Å². The molecule has 2 aromatic carbocycles. The van der Waals surface area contributed by atoms with Crippen molar-refractivity contribution in [2.24, 2.45) is 5.10 Å². The van der Waals surface area contributed by atoms with Crippen LogP contribution in [-0.2, 0) is 4.79 Å². The maximum Gasteiger partial charge on any atom is 0.277 e. The van der Waals surface area contributed by atoms with Crippen molar-refractivity contribution in [3.63, 3.8) is 0 Å². The van der Waals surface area contributed by atoms with Gasteiger partial charge in [-0.3, -0.25) is 4.79 Å². The predicted octanol–water partition coefficient (Wildman–Crippen LogP) is 3.88. The van der Waals surface area contributed by atoms with Crippen LogP contribution in [0.5, 0.6) is 5.75 Å². The van der Waals surface area contributed by atoms with Crippen LogP contribution in [0.3, 0.4) is 0 Å². The van der Waals surface area contributed by atoms with Crippen LogP contribution in [0.1, 0.15) is 23.6 Å². The third-order valence-electron chi connectivity index (χ3n) is 3.18. The second-order valence-corrected chi connectivity index (χ2v) is 5.79. The van der Waals surface area contributed by atoms with Gasteiger partial charge in [-0.1, -0.05) is 29.8 Å². The molecule has 0 saturated carbocycles. The highest BCUT2D eigenvalue weighted by Crippen LogP contribution is 2.16. The first-order chi connectivity index (χ1) is 10.9. The van der Waals surface area contributed by atoms with E-state index in [4.69, 9.17) is 16.3 Å². The largest absolute Gasteiger partial charge is 0.484 e. The molecule has 0 unspecified atom stereocenters. The van der Waals surface area contributed by atoms with E-state index in [2.05, 4.69) is 10.5 Å². The molecule has 0 bridgehead atoms. The van der Waals surface area contributed by atoms with Gasteiger partial charge in [0.1, 0.15) is 5.75 Å². The summed E-state index contributed by atoms with van der Waals surface area (Å²) in [6, 6.07) is 13.1. The molecule has 1 N–H and O–H groups in total. The van der Waals surface area contributed by atoms with Crippen molar-refractivity contribution in [3.8, 4) is 5.75 Å². The van der Waals surface area contributed by atoms with Crippen LogP contribution in [0.15, 0.2) is 47.6 Å². The Bertz CT molecular complexity index is 704. The molecule has 2 rings (SSSR count). The van der Waals surface area contributed by atoms with Crippen LogP contribution in [0, 0.1) is 13.8 Å². The highest BCUT2D eigenvalue weighted by molar-refractivity contribution is 6.30. The SMILES string of the molecule is CC(=NNC(=O)COc1cc(C)cc(C)c1)c1ccc(Cl)cc1. The molecule has 5 heteroatoms. The van der Waals surface area contributed by atoms with Crippen LogP contribution >= 0.6 is 11.6 Å². The van der Waals surface area contributed by atoms with Gasteiger partial charge in [0.25, 0.3) is 5.91 Å². The number of aryl methyl sites for hydroxylation is 2. The number of ether oxygens (including phenoxy) is 1. The lowest BCUT2D eigenvalue weighted by Gasteiger charge is -2.08. The molecule has 0 aliphatic carbocycles. The number of nitrogens with zero attached hydrogens (tertiary/aromatic N) is 1. The van der Waals surface area contributed by atoms with E-state index in [0.29, 0.717) is 16.5 Å². The van der Waals surface area contributed by atoms with E-state index in [1.54, 1.807) is 12.1 Å². The van der Waals surface area contributed by atoms with Crippen molar-refractivity contribution < 1.29 is 9.53 Å². The minimum absolute atomic E-state index is 0.0830. The summed E-state index contributed by atoms with van der Waals surface area (Å²) >= 11 is 5.84. The smallest absolute Gasteiger partial charge is 0.277 e. The first kappa shape index (κ1) is 17.0.